The fourth-order valence-corrected chi connectivity index (χ4v) is 2.42. The van der Waals surface area contributed by atoms with Crippen molar-refractivity contribution in [2.45, 2.75) is 26.8 Å². The van der Waals surface area contributed by atoms with E-state index in [0.29, 0.717) is 0 Å². The zero-order chi connectivity index (χ0) is 12.2. The van der Waals surface area contributed by atoms with Gasteiger partial charge in [-0.25, -0.2) is 0 Å². The van der Waals surface area contributed by atoms with E-state index in [1.807, 2.05) is 39.0 Å². The minimum Gasteiger partial charge on any atom is -0.461 e. The van der Waals surface area contributed by atoms with Gasteiger partial charge in [0, 0.05) is 22.4 Å². The van der Waals surface area contributed by atoms with Gasteiger partial charge in [-0.1, -0.05) is 0 Å². The number of hydrogen-bond acceptors (Lipinski definition) is 3. The van der Waals surface area contributed by atoms with E-state index in [9.17, 15) is 0 Å². The molecule has 2 N–H and O–H groups in total. The standard InChI is InChI=1S/C14H15NO2/c1-7-4-10-6-12-11(5-8(2)16-12)13(9(3)15)14(10)17-7/h4-6,9H,15H2,1-3H3. The normalized spacial score (nSPS) is 13.6. The number of rotatable bonds is 1. The zero-order valence-corrected chi connectivity index (χ0v) is 10.2. The van der Waals surface area contributed by atoms with Crippen LogP contribution in [0, 0.1) is 13.8 Å². The van der Waals surface area contributed by atoms with Gasteiger partial charge in [-0.2, -0.15) is 0 Å². The van der Waals surface area contributed by atoms with E-state index in [1.165, 1.54) is 0 Å². The first kappa shape index (κ1) is 10.4. The SMILES string of the molecule is Cc1cc2c(C(C)N)c3oc(C)cc3cc2o1. The van der Waals surface area contributed by atoms with Gasteiger partial charge >= 0.3 is 0 Å². The van der Waals surface area contributed by atoms with E-state index in [1.54, 1.807) is 0 Å². The van der Waals surface area contributed by atoms with Crippen LogP contribution in [-0.2, 0) is 0 Å². The molecule has 2 heterocycles. The Morgan fingerprint density at radius 1 is 1.06 bits per heavy atom. The number of fused-ring (bicyclic) bond motifs is 2. The number of hydrogen-bond donors (Lipinski definition) is 1. The van der Waals surface area contributed by atoms with E-state index >= 15 is 0 Å². The van der Waals surface area contributed by atoms with Gasteiger partial charge in [-0.3, -0.25) is 0 Å². The lowest BCUT2D eigenvalue weighted by Gasteiger charge is -2.07. The molecule has 0 aliphatic rings. The molecule has 3 aromatic rings. The molecular weight excluding hydrogens is 214 g/mol. The summed E-state index contributed by atoms with van der Waals surface area (Å²) in [7, 11) is 0. The Hall–Kier alpha value is -1.74. The number of benzene rings is 1. The summed E-state index contributed by atoms with van der Waals surface area (Å²) in [5.41, 5.74) is 8.85. The monoisotopic (exact) mass is 229 g/mol. The van der Waals surface area contributed by atoms with Gasteiger partial charge in [0.15, 0.2) is 0 Å². The van der Waals surface area contributed by atoms with Gasteiger partial charge in [0.1, 0.15) is 22.7 Å². The van der Waals surface area contributed by atoms with Crippen LogP contribution >= 0.6 is 0 Å². The lowest BCUT2D eigenvalue weighted by Crippen LogP contribution is -2.05. The number of furan rings is 2. The molecule has 2 aromatic heterocycles. The van der Waals surface area contributed by atoms with Gasteiger partial charge in [0.25, 0.3) is 0 Å². The molecule has 0 fully saturated rings. The van der Waals surface area contributed by atoms with Gasteiger partial charge in [-0.05, 0) is 39.0 Å². The molecule has 0 spiro atoms. The van der Waals surface area contributed by atoms with Crippen LogP contribution in [0.5, 0.6) is 0 Å². The van der Waals surface area contributed by atoms with Crippen LogP contribution in [0.25, 0.3) is 21.9 Å². The van der Waals surface area contributed by atoms with Crippen molar-refractivity contribution in [3.63, 3.8) is 0 Å². The summed E-state index contributed by atoms with van der Waals surface area (Å²) in [6.45, 7) is 5.85. The van der Waals surface area contributed by atoms with Gasteiger partial charge < -0.3 is 14.6 Å². The third kappa shape index (κ3) is 1.46. The highest BCUT2D eigenvalue weighted by Crippen LogP contribution is 2.35. The second-order valence-corrected chi connectivity index (χ2v) is 4.62. The van der Waals surface area contributed by atoms with Crippen molar-refractivity contribution >= 4 is 21.9 Å². The first-order valence-corrected chi connectivity index (χ1v) is 5.75. The minimum absolute atomic E-state index is 0.0799. The van der Waals surface area contributed by atoms with Crippen molar-refractivity contribution in [2.75, 3.05) is 0 Å². The van der Waals surface area contributed by atoms with Crippen molar-refractivity contribution in [3.8, 4) is 0 Å². The summed E-state index contributed by atoms with van der Waals surface area (Å²) in [4.78, 5) is 0. The van der Waals surface area contributed by atoms with Crippen LogP contribution in [0.2, 0.25) is 0 Å². The summed E-state index contributed by atoms with van der Waals surface area (Å²) in [5, 5.41) is 2.11. The molecule has 1 aromatic carbocycles. The number of aryl methyl sites for hydroxylation is 2. The average molecular weight is 229 g/mol. The summed E-state index contributed by atoms with van der Waals surface area (Å²) in [6, 6.07) is 5.97. The molecule has 88 valence electrons. The molecule has 1 unspecified atom stereocenters. The summed E-state index contributed by atoms with van der Waals surface area (Å²) >= 11 is 0. The van der Waals surface area contributed by atoms with E-state index in [-0.39, 0.29) is 6.04 Å². The molecule has 0 amide bonds. The third-order valence-electron chi connectivity index (χ3n) is 3.04. The highest BCUT2D eigenvalue weighted by Gasteiger charge is 2.17. The quantitative estimate of drug-likeness (QED) is 0.690. The summed E-state index contributed by atoms with van der Waals surface area (Å²) in [5.74, 6) is 1.79. The van der Waals surface area contributed by atoms with Crippen molar-refractivity contribution in [1.29, 1.82) is 0 Å². The summed E-state index contributed by atoms with van der Waals surface area (Å²) in [6.07, 6.45) is 0. The second kappa shape index (κ2) is 3.37. The molecule has 0 saturated heterocycles. The first-order valence-electron chi connectivity index (χ1n) is 5.75. The lowest BCUT2D eigenvalue weighted by atomic mass is 10.0. The minimum atomic E-state index is -0.0799. The van der Waals surface area contributed by atoms with Crippen molar-refractivity contribution in [2.24, 2.45) is 5.73 Å². The predicted molar refractivity (Wildman–Crippen MR) is 68.1 cm³/mol. The predicted octanol–water partition coefficient (Wildman–Crippen LogP) is 3.82. The summed E-state index contributed by atoms with van der Waals surface area (Å²) < 4.78 is 11.4. The van der Waals surface area contributed by atoms with E-state index in [2.05, 4.69) is 0 Å². The maximum Gasteiger partial charge on any atom is 0.139 e. The Kier molecular flexibility index (Phi) is 2.07. The van der Waals surface area contributed by atoms with Gasteiger partial charge in [0.2, 0.25) is 0 Å². The Labute approximate surface area is 99.2 Å². The molecule has 0 bridgehead atoms. The van der Waals surface area contributed by atoms with Gasteiger partial charge in [0.05, 0.1) is 0 Å². The van der Waals surface area contributed by atoms with Crippen molar-refractivity contribution in [1.82, 2.24) is 0 Å². The molecule has 3 heteroatoms. The van der Waals surface area contributed by atoms with Crippen LogP contribution in [-0.4, -0.2) is 0 Å². The van der Waals surface area contributed by atoms with E-state index in [4.69, 9.17) is 14.6 Å². The average Bonchev–Trinajstić information content (AvgIpc) is 2.73. The molecule has 0 aliphatic heterocycles. The maximum atomic E-state index is 6.06. The molecule has 3 rings (SSSR count). The maximum absolute atomic E-state index is 6.06. The fourth-order valence-electron chi connectivity index (χ4n) is 2.42. The van der Waals surface area contributed by atoms with Crippen molar-refractivity contribution < 1.29 is 8.83 Å². The lowest BCUT2D eigenvalue weighted by molar-refractivity contribution is 0.569. The molecule has 1 atom stereocenters. The Balaban J connectivity index is 2.53. The van der Waals surface area contributed by atoms with Crippen LogP contribution in [0.1, 0.15) is 30.0 Å². The van der Waals surface area contributed by atoms with Crippen LogP contribution in [0.15, 0.2) is 27.0 Å². The van der Waals surface area contributed by atoms with Crippen LogP contribution < -0.4 is 5.73 Å². The molecule has 0 aliphatic carbocycles. The smallest absolute Gasteiger partial charge is 0.139 e. The number of nitrogens with two attached hydrogens (primary N) is 1. The molecular formula is C14H15NO2. The Morgan fingerprint density at radius 2 is 1.76 bits per heavy atom. The van der Waals surface area contributed by atoms with Crippen LogP contribution in [0.3, 0.4) is 0 Å². The topological polar surface area (TPSA) is 52.3 Å². The van der Waals surface area contributed by atoms with Crippen molar-refractivity contribution in [3.05, 3.63) is 35.3 Å². The van der Waals surface area contributed by atoms with Crippen LogP contribution in [0.4, 0.5) is 0 Å². The molecule has 17 heavy (non-hydrogen) atoms. The van der Waals surface area contributed by atoms with Gasteiger partial charge in [-0.15, -0.1) is 0 Å². The highest BCUT2D eigenvalue weighted by atomic mass is 16.3. The first-order chi connectivity index (χ1) is 8.06. The van der Waals surface area contributed by atoms with E-state index in [0.717, 1.165) is 39.0 Å². The van der Waals surface area contributed by atoms with E-state index < -0.39 is 0 Å². The molecule has 3 nitrogen and oxygen atoms in total. The highest BCUT2D eigenvalue weighted by molar-refractivity contribution is 5.98. The fraction of sp³-hybridized carbons (Fsp3) is 0.286. The zero-order valence-electron chi connectivity index (χ0n) is 10.2. The largest absolute Gasteiger partial charge is 0.461 e. The molecule has 0 radical (unpaired) electrons. The molecule has 0 saturated carbocycles. The Bertz CT molecular complexity index is 649. The third-order valence-corrected chi connectivity index (χ3v) is 3.04. The Morgan fingerprint density at radius 3 is 2.47 bits per heavy atom. The second-order valence-electron chi connectivity index (χ2n) is 4.62.